The smallest absolute Gasteiger partial charge is 0.222 e. The summed E-state index contributed by atoms with van der Waals surface area (Å²) in [7, 11) is 0. The molecule has 4 nitrogen and oxygen atoms in total. The van der Waals surface area contributed by atoms with Crippen LogP contribution in [-0.4, -0.2) is 9.97 Å². The Morgan fingerprint density at radius 2 is 1.31 bits per heavy atom. The Kier molecular flexibility index (Phi) is 2.22. The number of aromatic nitrogens is 2. The minimum Gasteiger partial charge on any atom is -0.383 e. The van der Waals surface area contributed by atoms with Crippen LogP contribution in [-0.2, 0) is 0 Å². The summed E-state index contributed by atoms with van der Waals surface area (Å²) in [6, 6.07) is 0. The number of nitrogens with zero attached hydrogens (tertiary/aromatic N) is 2. The Hall–Kier alpha value is -1.84. The minimum atomic E-state index is 0.232. The van der Waals surface area contributed by atoms with Crippen molar-refractivity contribution in [2.24, 2.45) is 0 Å². The van der Waals surface area contributed by atoms with Crippen LogP contribution in [0.3, 0.4) is 0 Å². The molecule has 0 amide bonds. The highest BCUT2D eigenvalue weighted by molar-refractivity contribution is 5.95. The first-order chi connectivity index (χ1) is 7.43. The zero-order valence-electron chi connectivity index (χ0n) is 10.0. The van der Waals surface area contributed by atoms with Crippen molar-refractivity contribution in [3.05, 3.63) is 22.3 Å². The number of rotatable bonds is 0. The lowest BCUT2D eigenvalue weighted by molar-refractivity contribution is 1.19. The van der Waals surface area contributed by atoms with E-state index in [2.05, 4.69) is 23.8 Å². The van der Waals surface area contributed by atoms with Crippen molar-refractivity contribution in [1.82, 2.24) is 9.97 Å². The van der Waals surface area contributed by atoms with Gasteiger partial charge < -0.3 is 11.5 Å². The Morgan fingerprint density at radius 1 is 0.750 bits per heavy atom. The fraction of sp³-hybridized carbons (Fsp3) is 0.333. The molecule has 1 heterocycles. The zero-order chi connectivity index (χ0) is 12.0. The SMILES string of the molecule is Cc1c(C)c(C)c2c(N)nc(N)nc2c1C. The Balaban J connectivity index is 3.08. The van der Waals surface area contributed by atoms with Crippen molar-refractivity contribution in [2.75, 3.05) is 11.5 Å². The maximum absolute atomic E-state index is 5.91. The van der Waals surface area contributed by atoms with Gasteiger partial charge >= 0.3 is 0 Å². The van der Waals surface area contributed by atoms with E-state index in [1.165, 1.54) is 11.1 Å². The molecule has 4 heteroatoms. The van der Waals surface area contributed by atoms with Gasteiger partial charge in [-0.2, -0.15) is 4.98 Å². The molecule has 0 atom stereocenters. The molecule has 1 aromatic heterocycles. The van der Waals surface area contributed by atoms with Crippen molar-refractivity contribution in [1.29, 1.82) is 0 Å². The van der Waals surface area contributed by atoms with Gasteiger partial charge in [0.1, 0.15) is 5.82 Å². The van der Waals surface area contributed by atoms with Crippen LogP contribution in [0.4, 0.5) is 11.8 Å². The molecule has 0 aliphatic heterocycles. The highest BCUT2D eigenvalue weighted by atomic mass is 15.0. The summed E-state index contributed by atoms with van der Waals surface area (Å²) in [6.45, 7) is 8.26. The number of fused-ring (bicyclic) bond motifs is 1. The van der Waals surface area contributed by atoms with Gasteiger partial charge in [0.15, 0.2) is 0 Å². The Morgan fingerprint density at radius 3 is 1.94 bits per heavy atom. The summed E-state index contributed by atoms with van der Waals surface area (Å²) in [5, 5.41) is 0.926. The number of nitrogen functional groups attached to an aromatic ring is 2. The van der Waals surface area contributed by atoms with Crippen molar-refractivity contribution in [3.8, 4) is 0 Å². The molecule has 0 radical (unpaired) electrons. The van der Waals surface area contributed by atoms with Crippen molar-refractivity contribution < 1.29 is 0 Å². The third-order valence-corrected chi connectivity index (χ3v) is 3.37. The lowest BCUT2D eigenvalue weighted by Crippen LogP contribution is -2.05. The molecule has 0 saturated carbocycles. The fourth-order valence-corrected chi connectivity index (χ4v) is 2.06. The summed E-state index contributed by atoms with van der Waals surface area (Å²) >= 11 is 0. The molecule has 4 N–H and O–H groups in total. The van der Waals surface area contributed by atoms with Gasteiger partial charge in [0.2, 0.25) is 5.95 Å². The van der Waals surface area contributed by atoms with Gasteiger partial charge in [-0.3, -0.25) is 0 Å². The maximum Gasteiger partial charge on any atom is 0.222 e. The van der Waals surface area contributed by atoms with E-state index in [4.69, 9.17) is 11.5 Å². The normalized spacial score (nSPS) is 11.0. The largest absolute Gasteiger partial charge is 0.383 e. The van der Waals surface area contributed by atoms with Gasteiger partial charge in [0.05, 0.1) is 5.52 Å². The summed E-state index contributed by atoms with van der Waals surface area (Å²) in [6.07, 6.45) is 0. The second-order valence-electron chi connectivity index (χ2n) is 4.19. The summed E-state index contributed by atoms with van der Waals surface area (Å²) < 4.78 is 0. The molecule has 0 spiro atoms. The molecular weight excluding hydrogens is 200 g/mol. The second kappa shape index (κ2) is 3.33. The summed E-state index contributed by atoms with van der Waals surface area (Å²) in [4.78, 5) is 8.30. The number of aryl methyl sites for hydroxylation is 2. The topological polar surface area (TPSA) is 77.8 Å². The van der Waals surface area contributed by atoms with Gasteiger partial charge in [0.25, 0.3) is 0 Å². The van der Waals surface area contributed by atoms with Gasteiger partial charge in [-0.05, 0) is 49.9 Å². The number of benzene rings is 1. The molecule has 16 heavy (non-hydrogen) atoms. The van der Waals surface area contributed by atoms with Crippen LogP contribution in [0.5, 0.6) is 0 Å². The molecular formula is C12H16N4. The van der Waals surface area contributed by atoms with E-state index < -0.39 is 0 Å². The van der Waals surface area contributed by atoms with Crippen LogP contribution in [0.25, 0.3) is 10.9 Å². The van der Waals surface area contributed by atoms with E-state index in [9.17, 15) is 0 Å². The first-order valence-corrected chi connectivity index (χ1v) is 5.22. The monoisotopic (exact) mass is 216 g/mol. The van der Waals surface area contributed by atoms with E-state index in [1.807, 2.05) is 13.8 Å². The van der Waals surface area contributed by atoms with Crippen LogP contribution in [0.1, 0.15) is 22.3 Å². The highest BCUT2D eigenvalue weighted by Gasteiger charge is 2.13. The lowest BCUT2D eigenvalue weighted by Gasteiger charge is -2.14. The Labute approximate surface area is 94.7 Å². The molecule has 0 unspecified atom stereocenters. The first kappa shape index (κ1) is 10.7. The molecule has 0 bridgehead atoms. The van der Waals surface area contributed by atoms with Crippen LogP contribution in [0.2, 0.25) is 0 Å². The van der Waals surface area contributed by atoms with E-state index in [1.54, 1.807) is 0 Å². The van der Waals surface area contributed by atoms with Crippen molar-refractivity contribution in [2.45, 2.75) is 27.7 Å². The lowest BCUT2D eigenvalue weighted by atomic mass is 9.95. The van der Waals surface area contributed by atoms with Gasteiger partial charge in [0, 0.05) is 5.39 Å². The first-order valence-electron chi connectivity index (χ1n) is 5.22. The third-order valence-electron chi connectivity index (χ3n) is 3.37. The zero-order valence-corrected chi connectivity index (χ0v) is 10.0. The molecule has 2 rings (SSSR count). The van der Waals surface area contributed by atoms with Crippen LogP contribution in [0.15, 0.2) is 0 Å². The predicted molar refractivity (Wildman–Crippen MR) is 67.3 cm³/mol. The molecule has 0 aliphatic carbocycles. The third kappa shape index (κ3) is 1.30. The molecule has 2 aromatic rings. The standard InChI is InChI=1S/C12H16N4/c1-5-6(2)8(4)10-9(7(5)3)11(13)16-12(14)15-10/h1-4H3,(H4,13,14,15,16). The van der Waals surface area contributed by atoms with E-state index >= 15 is 0 Å². The van der Waals surface area contributed by atoms with E-state index in [0.29, 0.717) is 5.82 Å². The van der Waals surface area contributed by atoms with Crippen molar-refractivity contribution in [3.63, 3.8) is 0 Å². The maximum atomic E-state index is 5.91. The van der Waals surface area contributed by atoms with Gasteiger partial charge in [-0.1, -0.05) is 0 Å². The predicted octanol–water partition coefficient (Wildman–Crippen LogP) is 2.03. The average Bonchev–Trinajstić information content (AvgIpc) is 2.22. The van der Waals surface area contributed by atoms with E-state index in [-0.39, 0.29) is 5.95 Å². The summed E-state index contributed by atoms with van der Waals surface area (Å²) in [5.74, 6) is 0.696. The number of hydrogen-bond donors (Lipinski definition) is 2. The molecule has 0 fully saturated rings. The van der Waals surface area contributed by atoms with Crippen LogP contribution < -0.4 is 11.5 Å². The van der Waals surface area contributed by atoms with Crippen LogP contribution in [0, 0.1) is 27.7 Å². The number of nitrogens with two attached hydrogens (primary N) is 2. The molecule has 84 valence electrons. The molecule has 1 aromatic carbocycles. The summed E-state index contributed by atoms with van der Waals surface area (Å²) in [5.41, 5.74) is 17.1. The number of hydrogen-bond acceptors (Lipinski definition) is 4. The average molecular weight is 216 g/mol. The molecule has 0 aliphatic rings. The Bertz CT molecular complexity index is 588. The van der Waals surface area contributed by atoms with E-state index in [0.717, 1.165) is 22.0 Å². The van der Waals surface area contributed by atoms with Gasteiger partial charge in [-0.25, -0.2) is 4.98 Å². The minimum absolute atomic E-state index is 0.232. The quantitative estimate of drug-likeness (QED) is 0.706. The van der Waals surface area contributed by atoms with Crippen LogP contribution >= 0.6 is 0 Å². The van der Waals surface area contributed by atoms with Gasteiger partial charge in [-0.15, -0.1) is 0 Å². The molecule has 0 saturated heterocycles. The highest BCUT2D eigenvalue weighted by Crippen LogP contribution is 2.30. The fourth-order valence-electron chi connectivity index (χ4n) is 2.06. The second-order valence-corrected chi connectivity index (χ2v) is 4.19. The number of anilines is 2. The van der Waals surface area contributed by atoms with Crippen molar-refractivity contribution >= 4 is 22.7 Å².